The molecule has 0 aromatic rings. The Labute approximate surface area is 114 Å². The van der Waals surface area contributed by atoms with Crippen LogP contribution in [0.15, 0.2) is 12.2 Å². The van der Waals surface area contributed by atoms with E-state index in [0.29, 0.717) is 13.0 Å². The van der Waals surface area contributed by atoms with Crippen LogP contribution in [0.4, 0.5) is 0 Å². The van der Waals surface area contributed by atoms with E-state index in [9.17, 15) is 0 Å². The first-order valence-electron chi connectivity index (χ1n) is 6.67. The van der Waals surface area contributed by atoms with Crippen LogP contribution in [0.2, 0.25) is 0 Å². The van der Waals surface area contributed by atoms with E-state index >= 15 is 0 Å². The van der Waals surface area contributed by atoms with Gasteiger partial charge in [0.25, 0.3) is 0 Å². The van der Waals surface area contributed by atoms with Crippen LogP contribution in [0, 0.1) is 0 Å². The van der Waals surface area contributed by atoms with Gasteiger partial charge >= 0.3 is 0 Å². The maximum absolute atomic E-state index is 9.11. The fraction of sp³-hybridized carbons (Fsp3) is 0.857. The fourth-order valence-corrected chi connectivity index (χ4v) is 2.56. The molecule has 2 heterocycles. The van der Waals surface area contributed by atoms with Gasteiger partial charge in [-0.3, -0.25) is 0 Å². The predicted molar refractivity (Wildman–Crippen MR) is 69.6 cm³/mol. The van der Waals surface area contributed by atoms with Crippen molar-refractivity contribution in [2.24, 2.45) is 0 Å². The van der Waals surface area contributed by atoms with Crippen LogP contribution >= 0.6 is 0 Å². The summed E-state index contributed by atoms with van der Waals surface area (Å²) in [4.78, 5) is 0. The number of rotatable bonds is 4. The number of aliphatic hydroxyl groups is 1. The molecule has 5 nitrogen and oxygen atoms in total. The standard InChI is InChI=1S/C14H24O5/c1-9(7-15)6-10-12(19-14(4,5)17-10)11-8-16-13(2,3)18-11/h10-12,15H,1,6-8H2,2-5H3/t10-,11-,12+/m1/s1. The van der Waals surface area contributed by atoms with Crippen molar-refractivity contribution in [2.75, 3.05) is 13.2 Å². The van der Waals surface area contributed by atoms with E-state index in [4.69, 9.17) is 24.1 Å². The molecule has 0 bridgehead atoms. The van der Waals surface area contributed by atoms with Gasteiger partial charge in [-0.1, -0.05) is 6.58 Å². The van der Waals surface area contributed by atoms with Gasteiger partial charge in [0.2, 0.25) is 0 Å². The number of hydrogen-bond acceptors (Lipinski definition) is 5. The number of ether oxygens (including phenoxy) is 4. The van der Waals surface area contributed by atoms with Gasteiger partial charge in [0.15, 0.2) is 11.6 Å². The Morgan fingerprint density at radius 2 is 1.84 bits per heavy atom. The number of hydrogen-bond donors (Lipinski definition) is 1. The molecule has 2 aliphatic rings. The van der Waals surface area contributed by atoms with Crippen molar-refractivity contribution >= 4 is 0 Å². The van der Waals surface area contributed by atoms with E-state index in [1.165, 1.54) is 0 Å². The highest BCUT2D eigenvalue weighted by molar-refractivity contribution is 5.01. The van der Waals surface area contributed by atoms with Crippen LogP contribution < -0.4 is 0 Å². The Morgan fingerprint density at radius 3 is 2.37 bits per heavy atom. The van der Waals surface area contributed by atoms with Crippen molar-refractivity contribution in [3.8, 4) is 0 Å². The monoisotopic (exact) mass is 272 g/mol. The maximum atomic E-state index is 9.11. The van der Waals surface area contributed by atoms with Crippen molar-refractivity contribution in [1.29, 1.82) is 0 Å². The maximum Gasteiger partial charge on any atom is 0.163 e. The summed E-state index contributed by atoms with van der Waals surface area (Å²) in [7, 11) is 0. The summed E-state index contributed by atoms with van der Waals surface area (Å²) in [6.07, 6.45) is 0.0238. The summed E-state index contributed by atoms with van der Waals surface area (Å²) < 4.78 is 23.3. The first-order valence-corrected chi connectivity index (χ1v) is 6.67. The van der Waals surface area contributed by atoms with Crippen molar-refractivity contribution in [1.82, 2.24) is 0 Å². The topological polar surface area (TPSA) is 57.2 Å². The highest BCUT2D eigenvalue weighted by Crippen LogP contribution is 2.37. The largest absolute Gasteiger partial charge is 0.392 e. The summed E-state index contributed by atoms with van der Waals surface area (Å²) in [6, 6.07) is 0. The van der Waals surface area contributed by atoms with Crippen LogP contribution in [-0.2, 0) is 18.9 Å². The Bertz CT molecular complexity index is 350. The van der Waals surface area contributed by atoms with Crippen molar-refractivity contribution in [2.45, 2.75) is 64.0 Å². The number of aliphatic hydroxyl groups excluding tert-OH is 1. The molecule has 0 aromatic heterocycles. The molecule has 0 amide bonds. The lowest BCUT2D eigenvalue weighted by Gasteiger charge is -2.24. The minimum Gasteiger partial charge on any atom is -0.392 e. The zero-order chi connectivity index (χ0) is 14.3. The van der Waals surface area contributed by atoms with Crippen molar-refractivity contribution in [3.05, 3.63) is 12.2 Å². The summed E-state index contributed by atoms with van der Waals surface area (Å²) in [6.45, 7) is 11.8. The van der Waals surface area contributed by atoms with Gasteiger partial charge in [0.1, 0.15) is 12.2 Å². The Morgan fingerprint density at radius 1 is 1.16 bits per heavy atom. The SMILES string of the molecule is C=C(CO)C[C@H]1OC(C)(C)O[C@@H]1[C@H]1COC(C)(C)O1. The van der Waals surface area contributed by atoms with Crippen LogP contribution in [0.3, 0.4) is 0 Å². The minimum atomic E-state index is -0.652. The van der Waals surface area contributed by atoms with Gasteiger partial charge in [0, 0.05) is 0 Å². The Kier molecular flexibility index (Phi) is 4.05. The zero-order valence-electron chi connectivity index (χ0n) is 12.1. The van der Waals surface area contributed by atoms with Gasteiger partial charge < -0.3 is 24.1 Å². The first kappa shape index (κ1) is 14.9. The fourth-order valence-electron chi connectivity index (χ4n) is 2.56. The Balaban J connectivity index is 2.06. The normalized spacial score (nSPS) is 36.6. The van der Waals surface area contributed by atoms with E-state index in [0.717, 1.165) is 5.57 Å². The summed E-state index contributed by atoms with van der Waals surface area (Å²) in [5.74, 6) is -1.24. The molecule has 0 aromatic carbocycles. The summed E-state index contributed by atoms with van der Waals surface area (Å²) >= 11 is 0. The molecule has 110 valence electrons. The Hall–Kier alpha value is -0.460. The third-order valence-corrected chi connectivity index (χ3v) is 3.33. The average molecular weight is 272 g/mol. The van der Waals surface area contributed by atoms with Gasteiger partial charge in [-0.05, 0) is 39.7 Å². The molecule has 0 spiro atoms. The van der Waals surface area contributed by atoms with E-state index in [-0.39, 0.29) is 24.9 Å². The lowest BCUT2D eigenvalue weighted by Crippen LogP contribution is -2.38. The van der Waals surface area contributed by atoms with Gasteiger partial charge in [0.05, 0.1) is 19.3 Å². The third-order valence-electron chi connectivity index (χ3n) is 3.33. The minimum absolute atomic E-state index is 0.0411. The molecule has 2 fully saturated rings. The highest BCUT2D eigenvalue weighted by Gasteiger charge is 2.49. The molecule has 2 saturated heterocycles. The molecule has 2 aliphatic heterocycles. The molecule has 0 saturated carbocycles. The van der Waals surface area contributed by atoms with Gasteiger partial charge in [-0.25, -0.2) is 0 Å². The molecule has 0 radical (unpaired) electrons. The second-order valence-electron chi connectivity index (χ2n) is 6.12. The van der Waals surface area contributed by atoms with Crippen LogP contribution in [0.25, 0.3) is 0 Å². The summed E-state index contributed by atoms with van der Waals surface area (Å²) in [5.41, 5.74) is 0.731. The first-order chi connectivity index (χ1) is 8.72. The van der Waals surface area contributed by atoms with Gasteiger partial charge in [-0.15, -0.1) is 0 Å². The molecular formula is C14H24O5. The van der Waals surface area contributed by atoms with E-state index in [2.05, 4.69) is 6.58 Å². The molecule has 1 N–H and O–H groups in total. The lowest BCUT2D eigenvalue weighted by atomic mass is 10.0. The molecule has 19 heavy (non-hydrogen) atoms. The van der Waals surface area contributed by atoms with Crippen LogP contribution in [0.5, 0.6) is 0 Å². The van der Waals surface area contributed by atoms with Crippen molar-refractivity contribution in [3.63, 3.8) is 0 Å². The van der Waals surface area contributed by atoms with Crippen LogP contribution in [-0.4, -0.2) is 48.2 Å². The molecular weight excluding hydrogens is 248 g/mol. The van der Waals surface area contributed by atoms with Gasteiger partial charge in [-0.2, -0.15) is 0 Å². The van der Waals surface area contributed by atoms with Crippen LogP contribution in [0.1, 0.15) is 34.1 Å². The molecule has 2 rings (SSSR count). The highest BCUT2D eigenvalue weighted by atomic mass is 16.8. The predicted octanol–water partition coefficient (Wildman–Crippen LogP) is 1.60. The molecule has 5 heteroatoms. The average Bonchev–Trinajstić information content (AvgIpc) is 2.78. The molecule has 0 unspecified atom stereocenters. The van der Waals surface area contributed by atoms with Crippen molar-refractivity contribution < 1.29 is 24.1 Å². The second kappa shape index (κ2) is 5.14. The van der Waals surface area contributed by atoms with E-state index in [1.54, 1.807) is 0 Å². The second-order valence-corrected chi connectivity index (χ2v) is 6.12. The summed E-state index contributed by atoms with van der Waals surface area (Å²) in [5, 5.41) is 9.11. The van der Waals surface area contributed by atoms with E-state index < -0.39 is 11.6 Å². The lowest BCUT2D eigenvalue weighted by molar-refractivity contribution is -0.174. The quantitative estimate of drug-likeness (QED) is 0.788. The zero-order valence-corrected chi connectivity index (χ0v) is 12.1. The molecule has 0 aliphatic carbocycles. The molecule has 3 atom stereocenters. The third kappa shape index (κ3) is 3.55. The smallest absolute Gasteiger partial charge is 0.163 e. The van der Waals surface area contributed by atoms with E-state index in [1.807, 2.05) is 27.7 Å².